The molecule has 0 saturated carbocycles. The molecule has 0 aliphatic rings. The van der Waals surface area contributed by atoms with E-state index < -0.39 is 20.2 Å². The largest absolute Gasteiger partial charge is 0.297 e. The molecule has 2 aromatic carbocycles. The van der Waals surface area contributed by atoms with Gasteiger partial charge < -0.3 is 0 Å². The SMILES string of the molecule is O=S(=O)(OCCCCOS(=O)(=O)c1ccc(Cl)c(Cl)c1)c1ccc(Cl)c(Cl)c1. The second kappa shape index (κ2) is 9.95. The van der Waals surface area contributed by atoms with Crippen LogP contribution < -0.4 is 0 Å². The molecule has 0 heterocycles. The van der Waals surface area contributed by atoms with Crippen molar-refractivity contribution in [2.75, 3.05) is 13.2 Å². The highest BCUT2D eigenvalue weighted by molar-refractivity contribution is 7.87. The second-order valence-corrected chi connectivity index (χ2v) is 10.3. The molecule has 154 valence electrons. The Morgan fingerprint density at radius 2 is 0.964 bits per heavy atom. The Labute approximate surface area is 183 Å². The molecule has 0 unspecified atom stereocenters. The maximum absolute atomic E-state index is 12.1. The van der Waals surface area contributed by atoms with Crippen LogP contribution in [0, 0.1) is 0 Å². The van der Waals surface area contributed by atoms with Gasteiger partial charge in [-0.2, -0.15) is 16.8 Å². The molecule has 0 spiro atoms. The fourth-order valence-corrected chi connectivity index (χ4v) is 4.61. The van der Waals surface area contributed by atoms with E-state index in [-0.39, 0.29) is 55.9 Å². The van der Waals surface area contributed by atoms with Crippen molar-refractivity contribution in [3.05, 3.63) is 56.5 Å². The highest BCUT2D eigenvalue weighted by Crippen LogP contribution is 2.27. The van der Waals surface area contributed by atoms with E-state index in [4.69, 9.17) is 54.8 Å². The maximum atomic E-state index is 12.1. The Bertz CT molecular complexity index is 969. The monoisotopic (exact) mass is 506 g/mol. The van der Waals surface area contributed by atoms with Crippen molar-refractivity contribution < 1.29 is 25.2 Å². The Kier molecular flexibility index (Phi) is 8.42. The van der Waals surface area contributed by atoms with Crippen LogP contribution in [0.2, 0.25) is 20.1 Å². The third-order valence-electron chi connectivity index (χ3n) is 3.38. The summed E-state index contributed by atoms with van der Waals surface area (Å²) in [5, 5.41) is 0.626. The van der Waals surface area contributed by atoms with Crippen molar-refractivity contribution in [2.45, 2.75) is 22.6 Å². The molecular formula is C16H14Cl4O6S2. The normalized spacial score (nSPS) is 12.3. The van der Waals surface area contributed by atoms with E-state index in [0.29, 0.717) is 0 Å². The van der Waals surface area contributed by atoms with Crippen LogP contribution in [0.5, 0.6) is 0 Å². The molecule has 0 fully saturated rings. The minimum atomic E-state index is -4.00. The lowest BCUT2D eigenvalue weighted by Crippen LogP contribution is -2.10. The molecule has 0 radical (unpaired) electrons. The average molecular weight is 508 g/mol. The zero-order valence-electron chi connectivity index (χ0n) is 14.1. The zero-order chi connectivity index (χ0) is 20.9. The predicted molar refractivity (Wildman–Crippen MR) is 108 cm³/mol. The molecule has 0 saturated heterocycles. The molecule has 2 aromatic rings. The third kappa shape index (κ3) is 6.47. The number of unbranched alkanes of at least 4 members (excludes halogenated alkanes) is 1. The lowest BCUT2D eigenvalue weighted by molar-refractivity contribution is 0.270. The van der Waals surface area contributed by atoms with Crippen molar-refractivity contribution in [1.29, 1.82) is 0 Å². The Morgan fingerprint density at radius 1 is 0.607 bits per heavy atom. The molecule has 6 nitrogen and oxygen atoms in total. The molecular weight excluding hydrogens is 494 g/mol. The van der Waals surface area contributed by atoms with Crippen LogP contribution in [0.1, 0.15) is 12.8 Å². The van der Waals surface area contributed by atoms with Gasteiger partial charge in [-0.25, -0.2) is 0 Å². The van der Waals surface area contributed by atoms with Gasteiger partial charge in [0.05, 0.1) is 43.1 Å². The summed E-state index contributed by atoms with van der Waals surface area (Å²) >= 11 is 23.1. The van der Waals surface area contributed by atoms with Gasteiger partial charge in [-0.05, 0) is 49.2 Å². The molecule has 12 heteroatoms. The van der Waals surface area contributed by atoms with Gasteiger partial charge in [0, 0.05) is 0 Å². The van der Waals surface area contributed by atoms with E-state index in [2.05, 4.69) is 0 Å². The third-order valence-corrected chi connectivity index (χ3v) is 7.47. The molecule has 0 aliphatic heterocycles. The summed E-state index contributed by atoms with van der Waals surface area (Å²) in [7, 11) is -7.99. The first-order valence-electron chi connectivity index (χ1n) is 7.72. The average Bonchev–Trinajstić information content (AvgIpc) is 2.62. The number of hydrogen-bond acceptors (Lipinski definition) is 6. The summed E-state index contributed by atoms with van der Waals surface area (Å²) in [5.74, 6) is 0. The first-order chi connectivity index (χ1) is 13.0. The zero-order valence-corrected chi connectivity index (χ0v) is 18.7. The molecule has 0 aromatic heterocycles. The molecule has 28 heavy (non-hydrogen) atoms. The van der Waals surface area contributed by atoms with E-state index in [1.165, 1.54) is 36.4 Å². The Hall–Kier alpha value is -0.580. The van der Waals surface area contributed by atoms with Gasteiger partial charge in [-0.1, -0.05) is 46.4 Å². The summed E-state index contributed by atoms with van der Waals surface area (Å²) in [6, 6.07) is 7.62. The van der Waals surface area contributed by atoms with Gasteiger partial charge in [0.15, 0.2) is 0 Å². The smallest absolute Gasteiger partial charge is 0.266 e. The Morgan fingerprint density at radius 3 is 1.29 bits per heavy atom. The summed E-state index contributed by atoms with van der Waals surface area (Å²) in [6.45, 7) is -0.308. The number of rotatable bonds is 9. The maximum Gasteiger partial charge on any atom is 0.297 e. The minimum absolute atomic E-state index is 0.0900. The van der Waals surface area contributed by atoms with Gasteiger partial charge in [0.1, 0.15) is 0 Å². The van der Waals surface area contributed by atoms with Crippen LogP contribution in [-0.4, -0.2) is 30.0 Å². The van der Waals surface area contributed by atoms with E-state index in [9.17, 15) is 16.8 Å². The van der Waals surface area contributed by atoms with Crippen LogP contribution in [0.25, 0.3) is 0 Å². The van der Waals surface area contributed by atoms with Gasteiger partial charge in [-0.3, -0.25) is 8.37 Å². The number of benzene rings is 2. The van der Waals surface area contributed by atoms with E-state index in [0.717, 1.165) is 0 Å². The predicted octanol–water partition coefficient (Wildman–Crippen LogP) is 5.19. The van der Waals surface area contributed by atoms with Crippen LogP contribution in [0.15, 0.2) is 46.2 Å². The van der Waals surface area contributed by atoms with Gasteiger partial charge in [-0.15, -0.1) is 0 Å². The fourth-order valence-electron chi connectivity index (χ4n) is 1.94. The lowest BCUT2D eigenvalue weighted by Gasteiger charge is -2.08. The Balaban J connectivity index is 1.81. The van der Waals surface area contributed by atoms with Crippen molar-refractivity contribution in [3.63, 3.8) is 0 Å². The van der Waals surface area contributed by atoms with Crippen molar-refractivity contribution in [1.82, 2.24) is 0 Å². The quantitative estimate of drug-likeness (QED) is 0.342. The van der Waals surface area contributed by atoms with Crippen LogP contribution in [-0.2, 0) is 28.6 Å². The first-order valence-corrected chi connectivity index (χ1v) is 12.0. The summed E-state index contributed by atoms with van der Waals surface area (Å²) < 4.78 is 58.0. The molecule has 0 amide bonds. The lowest BCUT2D eigenvalue weighted by atomic mass is 10.3. The topological polar surface area (TPSA) is 86.7 Å². The molecule has 0 atom stereocenters. The van der Waals surface area contributed by atoms with Crippen LogP contribution in [0.4, 0.5) is 0 Å². The molecule has 0 bridgehead atoms. The summed E-state index contributed by atoms with van der Waals surface area (Å²) in [6.07, 6.45) is 0.495. The molecule has 2 rings (SSSR count). The van der Waals surface area contributed by atoms with E-state index >= 15 is 0 Å². The van der Waals surface area contributed by atoms with E-state index in [1.807, 2.05) is 0 Å². The highest BCUT2D eigenvalue weighted by Gasteiger charge is 2.18. The highest BCUT2D eigenvalue weighted by atomic mass is 35.5. The second-order valence-electron chi connectivity index (χ2n) is 5.41. The van der Waals surface area contributed by atoms with Gasteiger partial charge >= 0.3 is 0 Å². The van der Waals surface area contributed by atoms with Crippen molar-refractivity contribution >= 4 is 66.6 Å². The standard InChI is InChI=1S/C16H14Cl4O6S2/c17-13-5-3-11(9-15(13)19)27(21,22)25-7-1-2-8-26-28(23,24)12-4-6-14(18)16(20)10-12/h3-6,9-10H,1-2,7-8H2. The fraction of sp³-hybridized carbons (Fsp3) is 0.250. The summed E-state index contributed by atoms with van der Waals surface area (Å²) in [4.78, 5) is -0.249. The number of hydrogen-bond donors (Lipinski definition) is 0. The molecule has 0 aliphatic carbocycles. The number of halogens is 4. The molecule has 0 N–H and O–H groups in total. The minimum Gasteiger partial charge on any atom is -0.266 e. The van der Waals surface area contributed by atoms with Crippen LogP contribution in [0.3, 0.4) is 0 Å². The van der Waals surface area contributed by atoms with Crippen molar-refractivity contribution in [2.24, 2.45) is 0 Å². The van der Waals surface area contributed by atoms with E-state index in [1.54, 1.807) is 0 Å². The van der Waals surface area contributed by atoms with Gasteiger partial charge in [0.25, 0.3) is 20.2 Å². The van der Waals surface area contributed by atoms with Gasteiger partial charge in [0.2, 0.25) is 0 Å². The van der Waals surface area contributed by atoms with Crippen LogP contribution >= 0.6 is 46.4 Å². The van der Waals surface area contributed by atoms with Crippen molar-refractivity contribution in [3.8, 4) is 0 Å². The first kappa shape index (κ1) is 23.7. The summed E-state index contributed by atoms with van der Waals surface area (Å²) in [5.41, 5.74) is 0.